The van der Waals surface area contributed by atoms with Crippen LogP contribution < -0.4 is 4.74 Å². The predicted molar refractivity (Wildman–Crippen MR) is 105 cm³/mol. The highest BCUT2D eigenvalue weighted by molar-refractivity contribution is 8.00. The van der Waals surface area contributed by atoms with Crippen LogP contribution in [0.1, 0.15) is 6.92 Å². The normalized spacial score (nSPS) is 11.1. The van der Waals surface area contributed by atoms with Crippen LogP contribution in [-0.4, -0.2) is 11.7 Å². The first-order valence-corrected chi connectivity index (χ1v) is 9.12. The van der Waals surface area contributed by atoms with Crippen molar-refractivity contribution in [1.29, 1.82) is 0 Å². The topological polar surface area (TPSA) is 29.5 Å². The number of ether oxygens (including phenoxy) is 1. The molecule has 0 aliphatic heterocycles. The molecule has 0 radical (unpaired) electrons. The maximum Gasteiger partial charge on any atom is 0.172 e. The number of phenols is 1. The summed E-state index contributed by atoms with van der Waals surface area (Å²) in [4.78, 5) is 1.95. The maximum absolute atomic E-state index is 10.8. The van der Waals surface area contributed by atoms with Crippen LogP contribution >= 0.6 is 11.8 Å². The van der Waals surface area contributed by atoms with Gasteiger partial charge < -0.3 is 9.84 Å². The van der Waals surface area contributed by atoms with Crippen molar-refractivity contribution in [2.45, 2.75) is 16.7 Å². The smallest absolute Gasteiger partial charge is 0.172 e. The van der Waals surface area contributed by atoms with Gasteiger partial charge in [0.05, 0.1) is 11.5 Å². The Morgan fingerprint density at radius 2 is 1.52 bits per heavy atom. The van der Waals surface area contributed by atoms with Gasteiger partial charge >= 0.3 is 0 Å². The Labute approximate surface area is 151 Å². The minimum Gasteiger partial charge on any atom is -0.503 e. The number of aromatic hydroxyl groups is 1. The van der Waals surface area contributed by atoms with E-state index in [0.717, 1.165) is 20.6 Å². The Morgan fingerprint density at radius 1 is 0.840 bits per heavy atom. The molecule has 0 aliphatic rings. The molecule has 2 nitrogen and oxygen atoms in total. The Morgan fingerprint density at radius 3 is 2.32 bits per heavy atom. The lowest BCUT2D eigenvalue weighted by molar-refractivity contribution is 0.316. The van der Waals surface area contributed by atoms with Crippen LogP contribution in [0.25, 0.3) is 21.5 Å². The molecule has 4 rings (SSSR count). The summed E-state index contributed by atoms with van der Waals surface area (Å²) < 4.78 is 5.65. The van der Waals surface area contributed by atoms with Gasteiger partial charge in [0.25, 0.3) is 0 Å². The summed E-state index contributed by atoms with van der Waals surface area (Å²) in [5.74, 6) is 0.738. The first-order valence-electron chi connectivity index (χ1n) is 8.31. The summed E-state index contributed by atoms with van der Waals surface area (Å²) >= 11 is 1.58. The van der Waals surface area contributed by atoms with Gasteiger partial charge in [-0.2, -0.15) is 0 Å². The molecule has 4 aromatic rings. The zero-order chi connectivity index (χ0) is 17.2. The first-order chi connectivity index (χ1) is 12.3. The van der Waals surface area contributed by atoms with E-state index >= 15 is 0 Å². The molecule has 0 saturated carbocycles. The molecule has 0 atom stereocenters. The van der Waals surface area contributed by atoms with E-state index in [1.165, 1.54) is 10.8 Å². The van der Waals surface area contributed by atoms with E-state index in [9.17, 15) is 5.11 Å². The van der Waals surface area contributed by atoms with Crippen molar-refractivity contribution in [3.8, 4) is 11.5 Å². The largest absolute Gasteiger partial charge is 0.503 e. The molecule has 25 heavy (non-hydrogen) atoms. The summed E-state index contributed by atoms with van der Waals surface area (Å²) in [6.45, 7) is 2.44. The van der Waals surface area contributed by atoms with E-state index in [1.54, 1.807) is 11.8 Å². The van der Waals surface area contributed by atoms with Gasteiger partial charge in [-0.05, 0) is 40.6 Å². The molecule has 0 spiro atoms. The van der Waals surface area contributed by atoms with Gasteiger partial charge in [0.1, 0.15) is 0 Å². The Kier molecular flexibility index (Phi) is 4.24. The molecule has 0 fully saturated rings. The summed E-state index contributed by atoms with van der Waals surface area (Å²) in [5, 5.41) is 15.3. The summed E-state index contributed by atoms with van der Waals surface area (Å²) in [6, 6.07) is 24.5. The molecule has 124 valence electrons. The van der Waals surface area contributed by atoms with Gasteiger partial charge in [-0.25, -0.2) is 0 Å². The van der Waals surface area contributed by atoms with E-state index < -0.39 is 0 Å². The highest BCUT2D eigenvalue weighted by Crippen LogP contribution is 2.46. The summed E-state index contributed by atoms with van der Waals surface area (Å²) in [6.07, 6.45) is 0. The van der Waals surface area contributed by atoms with Crippen molar-refractivity contribution in [1.82, 2.24) is 0 Å². The van der Waals surface area contributed by atoms with Crippen molar-refractivity contribution in [2.75, 3.05) is 6.61 Å². The maximum atomic E-state index is 10.8. The molecule has 0 unspecified atom stereocenters. The van der Waals surface area contributed by atoms with E-state index in [-0.39, 0.29) is 5.75 Å². The zero-order valence-electron chi connectivity index (χ0n) is 13.9. The Bertz CT molecular complexity index is 1050. The third kappa shape index (κ3) is 2.92. The second kappa shape index (κ2) is 6.69. The van der Waals surface area contributed by atoms with Crippen molar-refractivity contribution in [3.05, 3.63) is 72.8 Å². The molecule has 3 heteroatoms. The number of hydrogen-bond acceptors (Lipinski definition) is 3. The number of hydrogen-bond donors (Lipinski definition) is 1. The molecule has 0 amide bonds. The van der Waals surface area contributed by atoms with E-state index in [0.29, 0.717) is 12.4 Å². The Balaban J connectivity index is 1.92. The van der Waals surface area contributed by atoms with E-state index in [1.807, 2.05) is 49.4 Å². The molecule has 4 aromatic carbocycles. The van der Waals surface area contributed by atoms with E-state index in [4.69, 9.17) is 4.74 Å². The molecule has 1 N–H and O–H groups in total. The molecule has 0 saturated heterocycles. The van der Waals surface area contributed by atoms with Crippen molar-refractivity contribution < 1.29 is 9.84 Å². The minimum atomic E-state index is 0.207. The highest BCUT2D eigenvalue weighted by Gasteiger charge is 2.16. The molecular formula is C22H18O2S. The predicted octanol–water partition coefficient (Wildman–Crippen LogP) is 6.25. The second-order valence-electron chi connectivity index (χ2n) is 5.79. The first kappa shape index (κ1) is 15.9. The van der Waals surface area contributed by atoms with Gasteiger partial charge in [-0.3, -0.25) is 0 Å². The lowest BCUT2D eigenvalue weighted by atomic mass is 10.1. The fourth-order valence-electron chi connectivity index (χ4n) is 3.04. The Hall–Kier alpha value is -2.65. The van der Waals surface area contributed by atoms with Gasteiger partial charge in [-0.15, -0.1) is 0 Å². The van der Waals surface area contributed by atoms with Crippen molar-refractivity contribution >= 4 is 33.3 Å². The molecular weight excluding hydrogens is 328 g/mol. The van der Waals surface area contributed by atoms with Gasteiger partial charge in [0.2, 0.25) is 0 Å². The lowest BCUT2D eigenvalue weighted by Crippen LogP contribution is -1.93. The third-order valence-corrected chi connectivity index (χ3v) is 5.40. The second-order valence-corrected chi connectivity index (χ2v) is 6.84. The van der Waals surface area contributed by atoms with Crippen LogP contribution in [0.5, 0.6) is 11.5 Å². The van der Waals surface area contributed by atoms with Crippen LogP contribution in [0.3, 0.4) is 0 Å². The van der Waals surface area contributed by atoms with Crippen LogP contribution in [-0.2, 0) is 0 Å². The summed E-state index contributed by atoms with van der Waals surface area (Å²) in [5.41, 5.74) is 0. The van der Waals surface area contributed by atoms with Gasteiger partial charge in [0, 0.05) is 4.90 Å². The molecule has 0 aliphatic carbocycles. The highest BCUT2D eigenvalue weighted by atomic mass is 32.2. The van der Waals surface area contributed by atoms with Crippen LogP contribution in [0.2, 0.25) is 0 Å². The van der Waals surface area contributed by atoms with Crippen LogP contribution in [0, 0.1) is 0 Å². The summed E-state index contributed by atoms with van der Waals surface area (Å²) in [7, 11) is 0. The minimum absolute atomic E-state index is 0.207. The number of benzene rings is 4. The average molecular weight is 346 g/mol. The lowest BCUT2D eigenvalue weighted by Gasteiger charge is -2.14. The molecule has 0 bridgehead atoms. The monoisotopic (exact) mass is 346 g/mol. The number of rotatable bonds is 4. The third-order valence-electron chi connectivity index (χ3n) is 4.20. The van der Waals surface area contributed by atoms with Gasteiger partial charge in [-0.1, -0.05) is 72.4 Å². The molecule has 0 heterocycles. The van der Waals surface area contributed by atoms with Crippen molar-refractivity contribution in [2.24, 2.45) is 0 Å². The van der Waals surface area contributed by atoms with E-state index in [2.05, 4.69) is 30.3 Å². The number of phenolic OH excluding ortho intramolecular Hbond substituents is 1. The number of fused-ring (bicyclic) bond motifs is 2. The fraction of sp³-hybridized carbons (Fsp3) is 0.0909. The van der Waals surface area contributed by atoms with Crippen LogP contribution in [0.4, 0.5) is 0 Å². The zero-order valence-corrected chi connectivity index (χ0v) is 14.7. The standard InChI is InChI=1S/C22H18O2S/c1-2-24-19-14-16-9-4-6-12-18(16)22(21(19)23)25-20-13-7-10-15-8-3-5-11-17(15)20/h3-14,23H,2H2,1H3. The quantitative estimate of drug-likeness (QED) is 0.474. The molecule has 0 aromatic heterocycles. The van der Waals surface area contributed by atoms with Gasteiger partial charge in [0.15, 0.2) is 11.5 Å². The fourth-order valence-corrected chi connectivity index (χ4v) is 4.20. The average Bonchev–Trinajstić information content (AvgIpc) is 2.65. The SMILES string of the molecule is CCOc1cc2ccccc2c(Sc2cccc3ccccc23)c1O. The van der Waals surface area contributed by atoms with Crippen LogP contribution in [0.15, 0.2) is 82.6 Å². The van der Waals surface area contributed by atoms with Crippen molar-refractivity contribution in [3.63, 3.8) is 0 Å².